The van der Waals surface area contributed by atoms with E-state index < -0.39 is 0 Å². The zero-order valence-electron chi connectivity index (χ0n) is 19.7. The van der Waals surface area contributed by atoms with Crippen LogP contribution in [-0.2, 0) is 6.42 Å². The number of anilines is 1. The number of hydrogen-bond acceptors (Lipinski definition) is 4. The summed E-state index contributed by atoms with van der Waals surface area (Å²) >= 11 is 6.33. The van der Waals surface area contributed by atoms with E-state index in [9.17, 15) is 4.79 Å². The summed E-state index contributed by atoms with van der Waals surface area (Å²) in [6.07, 6.45) is 0.736. The molecule has 2 amide bonds. The van der Waals surface area contributed by atoms with Crippen molar-refractivity contribution in [2.24, 2.45) is 0 Å². The second kappa shape index (κ2) is 9.43. The summed E-state index contributed by atoms with van der Waals surface area (Å²) in [6, 6.07) is 18.8. The summed E-state index contributed by atoms with van der Waals surface area (Å²) in [5.41, 5.74) is 4.75. The van der Waals surface area contributed by atoms with Crippen LogP contribution in [0, 0.1) is 0 Å². The van der Waals surface area contributed by atoms with Gasteiger partial charge in [-0.25, -0.2) is 4.79 Å². The van der Waals surface area contributed by atoms with E-state index in [1.807, 2.05) is 41.3 Å². The Morgan fingerprint density at radius 2 is 1.74 bits per heavy atom. The minimum Gasteiger partial charge on any atom is -0.497 e. The highest BCUT2D eigenvalue weighted by Gasteiger charge is 2.35. The van der Waals surface area contributed by atoms with Crippen molar-refractivity contribution >= 4 is 34.2 Å². The number of methoxy groups -OCH3 is 3. The van der Waals surface area contributed by atoms with Crippen LogP contribution in [0.2, 0.25) is 5.02 Å². The fourth-order valence-corrected chi connectivity index (χ4v) is 4.98. The molecular weight excluding hydrogens is 466 g/mol. The normalized spacial score (nSPS) is 15.0. The van der Waals surface area contributed by atoms with Crippen LogP contribution < -0.4 is 19.5 Å². The number of nitrogens with zero attached hydrogens (tertiary/aromatic N) is 1. The predicted molar refractivity (Wildman–Crippen MR) is 137 cm³/mol. The molecule has 7 nitrogen and oxygen atoms in total. The molecule has 1 aliphatic rings. The minimum absolute atomic E-state index is 0.255. The number of hydrogen-bond donors (Lipinski definition) is 2. The van der Waals surface area contributed by atoms with Gasteiger partial charge in [0.25, 0.3) is 0 Å². The van der Waals surface area contributed by atoms with Crippen molar-refractivity contribution in [2.75, 3.05) is 33.2 Å². The Hall–Kier alpha value is -3.84. The van der Waals surface area contributed by atoms with Gasteiger partial charge in [0.15, 0.2) is 0 Å². The van der Waals surface area contributed by atoms with Crippen LogP contribution in [0.5, 0.6) is 17.2 Å². The summed E-state index contributed by atoms with van der Waals surface area (Å²) in [5.74, 6) is 1.69. The third kappa shape index (κ3) is 4.12. The van der Waals surface area contributed by atoms with Crippen LogP contribution in [0.15, 0.2) is 60.7 Å². The van der Waals surface area contributed by atoms with Crippen molar-refractivity contribution in [3.05, 3.63) is 82.5 Å². The van der Waals surface area contributed by atoms with E-state index in [-0.39, 0.29) is 12.1 Å². The van der Waals surface area contributed by atoms with Crippen molar-refractivity contribution < 1.29 is 19.0 Å². The number of para-hydroxylation sites is 1. The average molecular weight is 492 g/mol. The highest BCUT2D eigenvalue weighted by molar-refractivity contribution is 6.32. The number of H-pyrrole nitrogens is 1. The highest BCUT2D eigenvalue weighted by Crippen LogP contribution is 2.40. The molecule has 4 aromatic rings. The molecule has 2 heterocycles. The van der Waals surface area contributed by atoms with E-state index in [2.05, 4.69) is 22.4 Å². The van der Waals surface area contributed by atoms with E-state index in [1.54, 1.807) is 19.2 Å². The van der Waals surface area contributed by atoms with Crippen LogP contribution in [0.4, 0.5) is 10.5 Å². The Kier molecular flexibility index (Phi) is 6.17. The molecule has 0 bridgehead atoms. The molecule has 1 aromatic heterocycles. The number of fused-ring (bicyclic) bond motifs is 3. The van der Waals surface area contributed by atoms with Crippen LogP contribution in [0.3, 0.4) is 0 Å². The first-order valence-corrected chi connectivity index (χ1v) is 11.6. The van der Waals surface area contributed by atoms with E-state index in [0.29, 0.717) is 28.8 Å². The third-order valence-electron chi connectivity index (χ3n) is 6.44. The maximum Gasteiger partial charge on any atom is 0.322 e. The number of ether oxygens (including phenoxy) is 3. The molecular formula is C27H26ClN3O4. The second-order valence-corrected chi connectivity index (χ2v) is 8.71. The SMILES string of the molecule is COc1ccc(C2c3[nH]c4ccccc4c3CCN2C(=O)Nc2cc(Cl)c(OC)cc2OC)cc1. The van der Waals surface area contributed by atoms with E-state index in [0.717, 1.165) is 28.9 Å². The Bertz CT molecular complexity index is 1380. The Labute approximate surface area is 208 Å². The Morgan fingerprint density at radius 3 is 2.46 bits per heavy atom. The molecule has 180 valence electrons. The van der Waals surface area contributed by atoms with Gasteiger partial charge in [0, 0.05) is 29.2 Å². The molecule has 1 unspecified atom stereocenters. The first-order valence-electron chi connectivity index (χ1n) is 11.3. The lowest BCUT2D eigenvalue weighted by Crippen LogP contribution is -2.43. The van der Waals surface area contributed by atoms with Gasteiger partial charge in [0.2, 0.25) is 0 Å². The van der Waals surface area contributed by atoms with Crippen molar-refractivity contribution in [3.63, 3.8) is 0 Å². The number of rotatable bonds is 5. The fraction of sp³-hybridized carbons (Fsp3) is 0.222. The first-order chi connectivity index (χ1) is 17.0. The standard InChI is InChI=1S/C27H26ClN3O4/c1-33-17-10-8-16(9-11-17)26-25-19(18-6-4-5-7-21(18)29-25)12-13-31(26)27(32)30-22-14-20(28)23(34-2)15-24(22)35-3/h4-11,14-15,26,29H,12-13H2,1-3H3,(H,30,32). The van der Waals surface area contributed by atoms with Gasteiger partial charge in [-0.05, 0) is 41.8 Å². The third-order valence-corrected chi connectivity index (χ3v) is 6.74. The van der Waals surface area contributed by atoms with Gasteiger partial charge >= 0.3 is 6.03 Å². The van der Waals surface area contributed by atoms with Gasteiger partial charge in [-0.3, -0.25) is 0 Å². The number of amides is 2. The van der Waals surface area contributed by atoms with Crippen molar-refractivity contribution in [1.29, 1.82) is 0 Å². The number of halogens is 1. The van der Waals surface area contributed by atoms with Crippen molar-refractivity contribution in [1.82, 2.24) is 9.88 Å². The Balaban J connectivity index is 1.55. The van der Waals surface area contributed by atoms with Gasteiger partial charge in [-0.15, -0.1) is 0 Å². The largest absolute Gasteiger partial charge is 0.497 e. The molecule has 1 aliphatic heterocycles. The monoisotopic (exact) mass is 491 g/mol. The second-order valence-electron chi connectivity index (χ2n) is 8.30. The molecule has 0 radical (unpaired) electrons. The summed E-state index contributed by atoms with van der Waals surface area (Å²) < 4.78 is 16.1. The van der Waals surface area contributed by atoms with E-state index in [4.69, 9.17) is 25.8 Å². The van der Waals surface area contributed by atoms with Gasteiger partial charge in [-0.1, -0.05) is 41.9 Å². The maximum atomic E-state index is 13.7. The van der Waals surface area contributed by atoms with Crippen LogP contribution in [0.1, 0.15) is 22.9 Å². The zero-order chi connectivity index (χ0) is 24.5. The lowest BCUT2D eigenvalue weighted by atomic mass is 9.92. The number of aromatic nitrogens is 1. The molecule has 35 heavy (non-hydrogen) atoms. The average Bonchev–Trinajstić information content (AvgIpc) is 3.27. The van der Waals surface area contributed by atoms with Gasteiger partial charge in [-0.2, -0.15) is 0 Å². The first kappa shape index (κ1) is 22.9. The quantitative estimate of drug-likeness (QED) is 0.357. The topological polar surface area (TPSA) is 75.8 Å². The van der Waals surface area contributed by atoms with Gasteiger partial charge in [0.1, 0.15) is 17.2 Å². The molecule has 0 aliphatic carbocycles. The molecule has 2 N–H and O–H groups in total. The molecule has 8 heteroatoms. The predicted octanol–water partition coefficient (Wildman–Crippen LogP) is 6.03. The lowest BCUT2D eigenvalue weighted by Gasteiger charge is -2.36. The van der Waals surface area contributed by atoms with Crippen LogP contribution in [-0.4, -0.2) is 43.8 Å². The van der Waals surface area contributed by atoms with Crippen LogP contribution >= 0.6 is 11.6 Å². The molecule has 1 atom stereocenters. The van der Waals surface area contributed by atoms with E-state index >= 15 is 0 Å². The van der Waals surface area contributed by atoms with Gasteiger partial charge in [0.05, 0.1) is 38.1 Å². The number of benzene rings is 3. The summed E-state index contributed by atoms with van der Waals surface area (Å²) in [6.45, 7) is 0.545. The number of carbonyl (C=O) groups excluding carboxylic acids is 1. The van der Waals surface area contributed by atoms with E-state index in [1.165, 1.54) is 25.2 Å². The number of aromatic amines is 1. The zero-order valence-corrected chi connectivity index (χ0v) is 20.5. The van der Waals surface area contributed by atoms with Crippen LogP contribution in [0.25, 0.3) is 10.9 Å². The number of carbonyl (C=O) groups is 1. The molecule has 3 aromatic carbocycles. The summed E-state index contributed by atoms with van der Waals surface area (Å²) in [7, 11) is 4.71. The Morgan fingerprint density at radius 1 is 1.00 bits per heavy atom. The maximum absolute atomic E-state index is 13.7. The lowest BCUT2D eigenvalue weighted by molar-refractivity contribution is 0.193. The minimum atomic E-state index is -0.309. The van der Waals surface area contributed by atoms with Crippen molar-refractivity contribution in [2.45, 2.75) is 12.5 Å². The molecule has 5 rings (SSSR count). The molecule has 0 saturated carbocycles. The number of urea groups is 1. The smallest absolute Gasteiger partial charge is 0.322 e. The van der Waals surface area contributed by atoms with Gasteiger partial charge < -0.3 is 29.4 Å². The molecule has 0 fully saturated rings. The molecule has 0 spiro atoms. The summed E-state index contributed by atoms with van der Waals surface area (Å²) in [4.78, 5) is 19.1. The molecule has 0 saturated heterocycles. The van der Waals surface area contributed by atoms with Crippen molar-refractivity contribution in [3.8, 4) is 17.2 Å². The summed E-state index contributed by atoms with van der Waals surface area (Å²) in [5, 5.41) is 4.56. The number of nitrogens with one attached hydrogen (secondary N) is 2. The fourth-order valence-electron chi connectivity index (χ4n) is 4.74. The highest BCUT2D eigenvalue weighted by atomic mass is 35.5.